The minimum Gasteiger partial charge on any atom is -0.387 e. The van der Waals surface area contributed by atoms with Crippen LogP contribution in [-0.4, -0.2) is 62.3 Å². The molecule has 7 rings (SSSR count). The van der Waals surface area contributed by atoms with Crippen molar-refractivity contribution in [1.82, 2.24) is 0 Å². The summed E-state index contributed by atoms with van der Waals surface area (Å²) >= 11 is 0. The number of aliphatic hydroxyl groups is 2. The minimum atomic E-state index is -1.49. The van der Waals surface area contributed by atoms with Crippen LogP contribution in [0.2, 0.25) is 0 Å². The van der Waals surface area contributed by atoms with E-state index in [0.717, 1.165) is 17.5 Å². The number of amides is 1. The lowest BCUT2D eigenvalue weighted by Gasteiger charge is -2.65. The Hall–Kier alpha value is -2.65. The Kier molecular flexibility index (Phi) is 6.36. The molecule has 0 unspecified atom stereocenters. The number of rotatable bonds is 1. The average Bonchev–Trinajstić information content (AvgIpc) is 3.27. The van der Waals surface area contributed by atoms with Gasteiger partial charge in [0, 0.05) is 23.3 Å². The first-order valence-corrected chi connectivity index (χ1v) is 16.5. The molecule has 0 saturated heterocycles. The summed E-state index contributed by atoms with van der Waals surface area (Å²) in [6.45, 7) is 15.3. The Morgan fingerprint density at radius 1 is 0.956 bits per heavy atom. The normalized spacial score (nSPS) is 39.8. The molecule has 6 aliphatic rings. The van der Waals surface area contributed by atoms with E-state index in [1.807, 2.05) is 26.0 Å². The topological polar surface area (TPSA) is 122 Å². The first kappa shape index (κ1) is 31.0. The minimum absolute atomic E-state index is 0.00476. The molecule has 0 spiro atoms. The molecule has 2 fully saturated rings. The summed E-state index contributed by atoms with van der Waals surface area (Å²) in [6, 6.07) is 3.97. The Bertz CT molecular complexity index is 1610. The second kappa shape index (κ2) is 9.24. The lowest BCUT2D eigenvalue weighted by atomic mass is 9.41. The van der Waals surface area contributed by atoms with Crippen LogP contribution in [0, 0.1) is 22.7 Å². The third-order valence-electron chi connectivity index (χ3n) is 12.6. The second-order valence-corrected chi connectivity index (χ2v) is 16.6. The van der Waals surface area contributed by atoms with E-state index in [-0.39, 0.29) is 41.3 Å². The number of fused-ring (bicyclic) bond motifs is 9. The van der Waals surface area contributed by atoms with Gasteiger partial charge in [0.2, 0.25) is 5.91 Å². The first-order valence-electron chi connectivity index (χ1n) is 16.5. The zero-order chi connectivity index (χ0) is 32.7. The third-order valence-corrected chi connectivity index (χ3v) is 12.6. The standard InChI is InChI=1S/C37H47NO7/c1-32(2)18-23-21-16-26-22(13-19(21)14-24(23)34(5,6)45-32)27(39)15-20-9-12-37(43)25-17-28(40)30(33(3,4)42)44-29(25)10-11-35(37,7)36(20,8)31(41)38-26/h13,16-18,20,24,29-30,42-43H,9-12,14-15H2,1-8H3,(H,38,41)/t20-,24-,29-,30-,35+,36+,37+/m1/s1. The summed E-state index contributed by atoms with van der Waals surface area (Å²) < 4.78 is 12.6. The van der Waals surface area contributed by atoms with Crippen molar-refractivity contribution in [3.8, 4) is 0 Å². The highest BCUT2D eigenvalue weighted by Gasteiger charge is 2.70. The Morgan fingerprint density at radius 3 is 2.36 bits per heavy atom. The van der Waals surface area contributed by atoms with Gasteiger partial charge in [-0.1, -0.05) is 6.92 Å². The van der Waals surface area contributed by atoms with E-state index in [9.17, 15) is 24.6 Å². The second-order valence-electron chi connectivity index (χ2n) is 16.6. The van der Waals surface area contributed by atoms with Gasteiger partial charge in [0.25, 0.3) is 0 Å². The van der Waals surface area contributed by atoms with Crippen LogP contribution in [-0.2, 0) is 25.5 Å². The molecule has 8 heteroatoms. The predicted molar refractivity (Wildman–Crippen MR) is 170 cm³/mol. The zero-order valence-electron chi connectivity index (χ0n) is 27.8. The molecule has 0 bridgehead atoms. The Morgan fingerprint density at radius 2 is 1.67 bits per heavy atom. The van der Waals surface area contributed by atoms with Gasteiger partial charge >= 0.3 is 0 Å². The van der Waals surface area contributed by atoms with Crippen molar-refractivity contribution in [1.29, 1.82) is 0 Å². The van der Waals surface area contributed by atoms with Gasteiger partial charge < -0.3 is 25.0 Å². The molecule has 1 aromatic carbocycles. The van der Waals surface area contributed by atoms with Crippen LogP contribution in [0.4, 0.5) is 5.69 Å². The summed E-state index contributed by atoms with van der Waals surface area (Å²) in [5, 5.41) is 26.4. The van der Waals surface area contributed by atoms with Gasteiger partial charge in [-0.2, -0.15) is 0 Å². The molecular formula is C37H47NO7. The summed E-state index contributed by atoms with van der Waals surface area (Å²) in [5.41, 5.74) is -0.888. The fraction of sp³-hybridized carbons (Fsp3) is 0.649. The van der Waals surface area contributed by atoms with Crippen molar-refractivity contribution in [2.75, 3.05) is 5.32 Å². The molecule has 0 radical (unpaired) electrons. The van der Waals surface area contributed by atoms with Crippen molar-refractivity contribution in [2.24, 2.45) is 22.7 Å². The number of carbonyl (C=O) groups excluding carboxylic acids is 3. The molecule has 0 aromatic heterocycles. The van der Waals surface area contributed by atoms with Crippen LogP contribution in [0.3, 0.4) is 0 Å². The molecule has 8 nitrogen and oxygen atoms in total. The van der Waals surface area contributed by atoms with Gasteiger partial charge in [0.15, 0.2) is 11.6 Å². The van der Waals surface area contributed by atoms with Gasteiger partial charge in [0.1, 0.15) is 6.10 Å². The predicted octanol–water partition coefficient (Wildman–Crippen LogP) is 5.34. The van der Waals surface area contributed by atoms with Crippen LogP contribution in [0.15, 0.2) is 29.9 Å². The van der Waals surface area contributed by atoms with E-state index in [2.05, 4.69) is 39.1 Å². The smallest absolute Gasteiger partial charge is 0.231 e. The van der Waals surface area contributed by atoms with Gasteiger partial charge in [0.05, 0.1) is 39.6 Å². The first-order chi connectivity index (χ1) is 20.7. The number of benzene rings is 1. The summed E-state index contributed by atoms with van der Waals surface area (Å²) in [5.74, 6) is -0.750. The van der Waals surface area contributed by atoms with Gasteiger partial charge in [-0.3, -0.25) is 14.4 Å². The monoisotopic (exact) mass is 617 g/mol. The van der Waals surface area contributed by atoms with E-state index in [4.69, 9.17) is 9.47 Å². The van der Waals surface area contributed by atoms with Crippen molar-refractivity contribution in [3.63, 3.8) is 0 Å². The van der Waals surface area contributed by atoms with E-state index in [1.54, 1.807) is 13.8 Å². The molecular weight excluding hydrogens is 570 g/mol. The van der Waals surface area contributed by atoms with Crippen molar-refractivity contribution in [3.05, 3.63) is 46.5 Å². The number of hydrogen-bond donors (Lipinski definition) is 3. The number of ether oxygens (including phenoxy) is 2. The highest BCUT2D eigenvalue weighted by molar-refractivity contribution is 6.09. The largest absolute Gasteiger partial charge is 0.387 e. The Labute approximate surface area is 265 Å². The van der Waals surface area contributed by atoms with E-state index >= 15 is 0 Å². The maximum Gasteiger partial charge on any atom is 0.231 e. The quantitative estimate of drug-likeness (QED) is 0.389. The number of Topliss-reactive ketones (excluding diaryl/α,β-unsaturated/α-hetero) is 1. The van der Waals surface area contributed by atoms with Crippen LogP contribution < -0.4 is 5.32 Å². The molecule has 2 saturated carbocycles. The SMILES string of the molecule is CC1(C)C=C2c3cc4c(cc3C[C@H]2C(C)(C)O1)C(=O)C[C@H]1CC[C@]2(O)C3=CC(=O)[C@H](C(C)(C)O)O[C@@H]3CC[C@@]2(C)[C@]1(C)C(=O)N4. The lowest BCUT2D eigenvalue weighted by molar-refractivity contribution is -0.215. The van der Waals surface area contributed by atoms with Crippen LogP contribution in [0.5, 0.6) is 0 Å². The van der Waals surface area contributed by atoms with Gasteiger partial charge in [-0.25, -0.2) is 0 Å². The van der Waals surface area contributed by atoms with Gasteiger partial charge in [-0.15, -0.1) is 0 Å². The zero-order valence-corrected chi connectivity index (χ0v) is 27.8. The number of carbonyl (C=O) groups is 3. The van der Waals surface area contributed by atoms with Crippen molar-refractivity contribution >= 4 is 28.7 Å². The molecule has 3 N–H and O–H groups in total. The number of nitrogens with one attached hydrogen (secondary N) is 1. The highest BCUT2D eigenvalue weighted by atomic mass is 16.5. The maximum absolute atomic E-state index is 14.7. The van der Waals surface area contributed by atoms with E-state index in [1.165, 1.54) is 11.6 Å². The molecule has 1 aromatic rings. The number of anilines is 1. The number of hydrogen-bond acceptors (Lipinski definition) is 7. The Balaban J connectivity index is 1.30. The lowest BCUT2D eigenvalue weighted by Crippen LogP contribution is -2.70. The molecule has 3 aliphatic carbocycles. The highest BCUT2D eigenvalue weighted by Crippen LogP contribution is 2.67. The van der Waals surface area contributed by atoms with Crippen molar-refractivity contribution in [2.45, 2.75) is 129 Å². The molecule has 3 heterocycles. The van der Waals surface area contributed by atoms with E-state index in [0.29, 0.717) is 42.5 Å². The van der Waals surface area contributed by atoms with Crippen LogP contribution in [0.1, 0.15) is 109 Å². The van der Waals surface area contributed by atoms with Crippen molar-refractivity contribution < 1.29 is 34.1 Å². The molecule has 45 heavy (non-hydrogen) atoms. The molecule has 7 atom stereocenters. The fourth-order valence-corrected chi connectivity index (χ4v) is 10.1. The van der Waals surface area contributed by atoms with Gasteiger partial charge in [-0.05, 0) is 133 Å². The average molecular weight is 618 g/mol. The third kappa shape index (κ3) is 4.14. The van der Waals surface area contributed by atoms with E-state index < -0.39 is 39.8 Å². The molecule has 1 amide bonds. The fourth-order valence-electron chi connectivity index (χ4n) is 10.1. The maximum atomic E-state index is 14.7. The molecule has 3 aliphatic heterocycles. The summed E-state index contributed by atoms with van der Waals surface area (Å²) in [4.78, 5) is 42.0. The van der Waals surface area contributed by atoms with Crippen LogP contribution in [0.25, 0.3) is 5.57 Å². The summed E-state index contributed by atoms with van der Waals surface area (Å²) in [6.07, 6.45) is 4.77. The number of ketones is 2. The van der Waals surface area contributed by atoms with Crippen LogP contribution >= 0.6 is 0 Å². The summed E-state index contributed by atoms with van der Waals surface area (Å²) in [7, 11) is 0. The molecule has 242 valence electrons.